The predicted octanol–water partition coefficient (Wildman–Crippen LogP) is 2.85. The third-order valence-electron chi connectivity index (χ3n) is 7.67. The van der Waals surface area contributed by atoms with Gasteiger partial charge < -0.3 is 37.9 Å². The van der Waals surface area contributed by atoms with Gasteiger partial charge in [0.1, 0.15) is 6.61 Å². The zero-order valence-electron chi connectivity index (χ0n) is 23.7. The van der Waals surface area contributed by atoms with E-state index in [-0.39, 0.29) is 6.79 Å². The fraction of sp³-hybridized carbons (Fsp3) is 0.516. The maximum atomic E-state index is 6.21. The van der Waals surface area contributed by atoms with E-state index >= 15 is 0 Å². The van der Waals surface area contributed by atoms with Crippen LogP contribution in [0.15, 0.2) is 36.5 Å². The Labute approximate surface area is 240 Å². The molecule has 3 aliphatic rings. The zero-order chi connectivity index (χ0) is 27.9. The molecular formula is C31H39N2O8+. The summed E-state index contributed by atoms with van der Waals surface area (Å²) in [6, 6.07) is 10.4. The van der Waals surface area contributed by atoms with Crippen molar-refractivity contribution >= 4 is 10.8 Å². The lowest BCUT2D eigenvalue weighted by atomic mass is 9.95. The summed E-state index contributed by atoms with van der Waals surface area (Å²) in [4.78, 5) is 2.36. The molecule has 4 heterocycles. The molecule has 10 nitrogen and oxygen atoms in total. The van der Waals surface area contributed by atoms with Crippen molar-refractivity contribution < 1.29 is 42.5 Å². The fourth-order valence-electron chi connectivity index (χ4n) is 5.47. The van der Waals surface area contributed by atoms with E-state index in [9.17, 15) is 0 Å². The summed E-state index contributed by atoms with van der Waals surface area (Å²) in [6.45, 7) is 9.45. The summed E-state index contributed by atoms with van der Waals surface area (Å²) in [7, 11) is 1.67. The van der Waals surface area contributed by atoms with Crippen LogP contribution in [0, 0.1) is 0 Å². The second kappa shape index (κ2) is 13.7. The van der Waals surface area contributed by atoms with Crippen LogP contribution in [0.1, 0.15) is 5.56 Å². The second-order valence-corrected chi connectivity index (χ2v) is 10.2. The molecule has 0 spiro atoms. The van der Waals surface area contributed by atoms with Gasteiger partial charge in [0.2, 0.25) is 12.5 Å². The first-order valence-electron chi connectivity index (χ1n) is 14.4. The van der Waals surface area contributed by atoms with Gasteiger partial charge in [-0.25, -0.2) is 0 Å². The molecule has 0 N–H and O–H groups in total. The molecule has 3 aromatic rings. The highest BCUT2D eigenvalue weighted by molar-refractivity contribution is 5.91. The monoisotopic (exact) mass is 567 g/mol. The first-order chi connectivity index (χ1) is 20.3. The molecule has 0 aliphatic carbocycles. The number of benzene rings is 2. The van der Waals surface area contributed by atoms with E-state index in [0.29, 0.717) is 45.4 Å². The summed E-state index contributed by atoms with van der Waals surface area (Å²) in [5.74, 6) is 3.06. The second-order valence-electron chi connectivity index (χ2n) is 10.2. The molecule has 220 valence electrons. The number of aromatic nitrogens is 1. The number of hydrogen-bond acceptors (Lipinski definition) is 9. The van der Waals surface area contributed by atoms with Gasteiger partial charge in [0.25, 0.3) is 0 Å². The Morgan fingerprint density at radius 1 is 0.854 bits per heavy atom. The SMILES string of the molecule is COc1ccc2cc3[n+](cc2c1OCCOCCOCCOCCN1CCOCC1)CCc1cc2c(cc1-3)OCO2. The molecule has 41 heavy (non-hydrogen) atoms. The van der Waals surface area contributed by atoms with Crippen LogP contribution in [0.4, 0.5) is 0 Å². The third-order valence-corrected chi connectivity index (χ3v) is 7.67. The molecule has 0 atom stereocenters. The van der Waals surface area contributed by atoms with E-state index in [2.05, 4.69) is 39.9 Å². The van der Waals surface area contributed by atoms with Crippen molar-refractivity contribution in [2.45, 2.75) is 13.0 Å². The van der Waals surface area contributed by atoms with Crippen molar-refractivity contribution in [3.8, 4) is 34.3 Å². The van der Waals surface area contributed by atoms with E-state index in [1.54, 1.807) is 7.11 Å². The summed E-state index contributed by atoms with van der Waals surface area (Å²) in [6.07, 6.45) is 3.08. The van der Waals surface area contributed by atoms with Crippen LogP contribution < -0.4 is 23.5 Å². The maximum absolute atomic E-state index is 6.21. The quantitative estimate of drug-likeness (QED) is 0.216. The number of hydrogen-bond donors (Lipinski definition) is 0. The van der Waals surface area contributed by atoms with Crippen LogP contribution in [0.2, 0.25) is 0 Å². The van der Waals surface area contributed by atoms with Gasteiger partial charge in [-0.05, 0) is 35.2 Å². The van der Waals surface area contributed by atoms with Gasteiger partial charge in [0.15, 0.2) is 35.7 Å². The summed E-state index contributed by atoms with van der Waals surface area (Å²) in [5, 5.41) is 2.09. The number of ether oxygens (including phenoxy) is 8. The van der Waals surface area contributed by atoms with Crippen LogP contribution in [-0.4, -0.2) is 97.9 Å². The molecule has 2 aromatic carbocycles. The molecule has 0 unspecified atom stereocenters. The number of rotatable bonds is 14. The van der Waals surface area contributed by atoms with Crippen LogP contribution in [0.5, 0.6) is 23.0 Å². The number of fused-ring (bicyclic) bond motifs is 5. The maximum Gasteiger partial charge on any atom is 0.231 e. The molecule has 0 amide bonds. The normalized spacial score (nSPS) is 16.0. The fourth-order valence-corrected chi connectivity index (χ4v) is 5.47. The number of methoxy groups -OCH3 is 1. The average Bonchev–Trinajstić information content (AvgIpc) is 3.47. The van der Waals surface area contributed by atoms with E-state index < -0.39 is 0 Å². The molecule has 3 aliphatic heterocycles. The molecule has 0 bridgehead atoms. The molecule has 1 fully saturated rings. The van der Waals surface area contributed by atoms with Gasteiger partial charge in [-0.2, -0.15) is 4.57 Å². The number of pyridine rings is 1. The first-order valence-corrected chi connectivity index (χ1v) is 14.4. The standard InChI is InChI=1S/C31H39N2O8/c1-34-28-3-2-23-18-27-25-20-30-29(40-22-41-30)19-24(25)4-5-33(27)21-26(23)31(28)39-17-16-38-15-14-37-13-12-36-11-8-32-6-9-35-10-7-32/h2-3,18-21H,4-17,22H2,1H3/q+1. The number of morpholine rings is 1. The van der Waals surface area contributed by atoms with Gasteiger partial charge >= 0.3 is 0 Å². The van der Waals surface area contributed by atoms with E-state index in [1.165, 1.54) is 11.1 Å². The Kier molecular flexibility index (Phi) is 9.34. The zero-order valence-corrected chi connectivity index (χ0v) is 23.7. The van der Waals surface area contributed by atoms with E-state index in [4.69, 9.17) is 37.9 Å². The third kappa shape index (κ3) is 6.68. The highest BCUT2D eigenvalue weighted by Crippen LogP contribution is 2.41. The van der Waals surface area contributed by atoms with Crippen LogP contribution in [-0.2, 0) is 31.9 Å². The molecule has 10 heteroatoms. The van der Waals surface area contributed by atoms with Crippen molar-refractivity contribution in [2.75, 3.05) is 93.0 Å². The highest BCUT2D eigenvalue weighted by atomic mass is 16.7. The van der Waals surface area contributed by atoms with Crippen LogP contribution in [0.3, 0.4) is 0 Å². The van der Waals surface area contributed by atoms with Gasteiger partial charge in [-0.3, -0.25) is 4.90 Å². The molecular weight excluding hydrogens is 528 g/mol. The van der Waals surface area contributed by atoms with Crippen molar-refractivity contribution in [2.24, 2.45) is 0 Å². The number of nitrogens with zero attached hydrogens (tertiary/aromatic N) is 2. The molecule has 0 radical (unpaired) electrons. The Hall–Kier alpha value is -3.15. The van der Waals surface area contributed by atoms with Gasteiger partial charge in [0, 0.05) is 32.1 Å². The average molecular weight is 568 g/mol. The van der Waals surface area contributed by atoms with Crippen molar-refractivity contribution in [3.05, 3.63) is 42.1 Å². The lowest BCUT2D eigenvalue weighted by Gasteiger charge is -2.26. The smallest absolute Gasteiger partial charge is 0.231 e. The van der Waals surface area contributed by atoms with Gasteiger partial charge in [-0.1, -0.05) is 0 Å². The Balaban J connectivity index is 0.970. The summed E-state index contributed by atoms with van der Waals surface area (Å²) < 4.78 is 47.7. The van der Waals surface area contributed by atoms with Crippen molar-refractivity contribution in [3.63, 3.8) is 0 Å². The molecule has 1 saturated heterocycles. The van der Waals surface area contributed by atoms with Gasteiger partial charge in [0.05, 0.1) is 70.9 Å². The lowest BCUT2D eigenvalue weighted by Crippen LogP contribution is -2.40. The summed E-state index contributed by atoms with van der Waals surface area (Å²) in [5.41, 5.74) is 3.60. The predicted molar refractivity (Wildman–Crippen MR) is 151 cm³/mol. The first kappa shape index (κ1) is 28.0. The van der Waals surface area contributed by atoms with Gasteiger partial charge in [-0.15, -0.1) is 0 Å². The van der Waals surface area contributed by atoms with Crippen molar-refractivity contribution in [1.82, 2.24) is 4.90 Å². The molecule has 6 rings (SSSR count). The Morgan fingerprint density at radius 3 is 2.37 bits per heavy atom. The topological polar surface area (TPSA) is 81.0 Å². The largest absolute Gasteiger partial charge is 0.493 e. The number of aryl methyl sites for hydroxylation is 2. The Morgan fingerprint density at radius 2 is 1.59 bits per heavy atom. The minimum atomic E-state index is 0.276. The molecule has 0 saturated carbocycles. The minimum absolute atomic E-state index is 0.276. The lowest BCUT2D eigenvalue weighted by molar-refractivity contribution is -0.686. The Bertz CT molecular complexity index is 1330. The minimum Gasteiger partial charge on any atom is -0.493 e. The van der Waals surface area contributed by atoms with E-state index in [0.717, 1.165) is 86.1 Å². The van der Waals surface area contributed by atoms with E-state index in [1.807, 2.05) is 6.07 Å². The molecule has 1 aromatic heterocycles. The van der Waals surface area contributed by atoms with Crippen molar-refractivity contribution in [1.29, 1.82) is 0 Å². The summed E-state index contributed by atoms with van der Waals surface area (Å²) >= 11 is 0. The highest BCUT2D eigenvalue weighted by Gasteiger charge is 2.28. The van der Waals surface area contributed by atoms with Crippen LogP contribution >= 0.6 is 0 Å². The van der Waals surface area contributed by atoms with Crippen LogP contribution in [0.25, 0.3) is 22.0 Å².